The van der Waals surface area contributed by atoms with Crippen molar-refractivity contribution < 1.29 is 13.5 Å². The molecule has 2 aromatic rings. The van der Waals surface area contributed by atoms with Crippen LogP contribution >= 0.6 is 0 Å². The van der Waals surface area contributed by atoms with Gasteiger partial charge >= 0.3 is 6.61 Å². The van der Waals surface area contributed by atoms with Crippen molar-refractivity contribution in [3.8, 4) is 5.75 Å². The van der Waals surface area contributed by atoms with Gasteiger partial charge in [-0.15, -0.1) is 0 Å². The SMILES string of the molecule is FC(F)Oc1ccc(NCc2cccnc2)cc1. The second kappa shape index (κ2) is 5.95. The number of halogens is 2. The van der Waals surface area contributed by atoms with E-state index in [4.69, 9.17) is 0 Å². The van der Waals surface area contributed by atoms with Crippen molar-refractivity contribution in [2.45, 2.75) is 13.2 Å². The molecule has 0 saturated heterocycles. The van der Waals surface area contributed by atoms with Crippen molar-refractivity contribution in [2.24, 2.45) is 0 Å². The third-order valence-electron chi connectivity index (χ3n) is 2.30. The van der Waals surface area contributed by atoms with Crippen LogP contribution in [0, 0.1) is 0 Å². The second-order valence-electron chi connectivity index (χ2n) is 3.62. The molecule has 1 heterocycles. The number of aromatic nitrogens is 1. The van der Waals surface area contributed by atoms with Gasteiger partial charge in [-0.2, -0.15) is 8.78 Å². The van der Waals surface area contributed by atoms with Crippen molar-refractivity contribution in [2.75, 3.05) is 5.32 Å². The van der Waals surface area contributed by atoms with Crippen molar-refractivity contribution in [1.29, 1.82) is 0 Å². The van der Waals surface area contributed by atoms with E-state index in [1.165, 1.54) is 12.1 Å². The number of nitrogens with zero attached hydrogens (tertiary/aromatic N) is 1. The van der Waals surface area contributed by atoms with Crippen molar-refractivity contribution in [3.63, 3.8) is 0 Å². The van der Waals surface area contributed by atoms with Crippen LogP contribution < -0.4 is 10.1 Å². The molecule has 0 saturated carbocycles. The molecule has 0 spiro atoms. The zero-order valence-electron chi connectivity index (χ0n) is 9.51. The Labute approximate surface area is 103 Å². The molecule has 94 valence electrons. The van der Waals surface area contributed by atoms with Crippen molar-refractivity contribution in [3.05, 3.63) is 54.4 Å². The lowest BCUT2D eigenvalue weighted by Crippen LogP contribution is -2.02. The molecular weight excluding hydrogens is 238 g/mol. The summed E-state index contributed by atoms with van der Waals surface area (Å²) in [4.78, 5) is 4.00. The topological polar surface area (TPSA) is 34.1 Å². The van der Waals surface area contributed by atoms with Crippen LogP contribution in [0.4, 0.5) is 14.5 Å². The van der Waals surface area contributed by atoms with Crippen LogP contribution in [-0.4, -0.2) is 11.6 Å². The molecule has 0 bridgehead atoms. The molecule has 2 rings (SSSR count). The predicted molar refractivity (Wildman–Crippen MR) is 64.6 cm³/mol. The molecule has 0 radical (unpaired) electrons. The Morgan fingerprint density at radius 1 is 1.17 bits per heavy atom. The van der Waals surface area contributed by atoms with Gasteiger partial charge in [-0.05, 0) is 35.9 Å². The fraction of sp³-hybridized carbons (Fsp3) is 0.154. The third-order valence-corrected chi connectivity index (χ3v) is 2.30. The van der Waals surface area contributed by atoms with Crippen LogP contribution in [0.1, 0.15) is 5.56 Å². The highest BCUT2D eigenvalue weighted by Crippen LogP contribution is 2.18. The van der Waals surface area contributed by atoms with Gasteiger partial charge in [0.25, 0.3) is 0 Å². The number of nitrogens with one attached hydrogen (secondary N) is 1. The maximum absolute atomic E-state index is 11.9. The van der Waals surface area contributed by atoms with Crippen LogP contribution in [0.5, 0.6) is 5.75 Å². The molecule has 0 aliphatic heterocycles. The molecule has 18 heavy (non-hydrogen) atoms. The van der Waals surface area contributed by atoms with E-state index < -0.39 is 6.61 Å². The summed E-state index contributed by atoms with van der Waals surface area (Å²) in [5, 5.41) is 3.16. The van der Waals surface area contributed by atoms with Gasteiger partial charge in [-0.3, -0.25) is 4.98 Å². The van der Waals surface area contributed by atoms with E-state index in [-0.39, 0.29) is 5.75 Å². The lowest BCUT2D eigenvalue weighted by molar-refractivity contribution is -0.0498. The normalized spacial score (nSPS) is 10.4. The highest BCUT2D eigenvalue weighted by atomic mass is 19.3. The van der Waals surface area contributed by atoms with Gasteiger partial charge in [0.1, 0.15) is 5.75 Å². The molecule has 0 aliphatic rings. The fourth-order valence-corrected chi connectivity index (χ4v) is 1.46. The average molecular weight is 250 g/mol. The number of pyridine rings is 1. The van der Waals surface area contributed by atoms with Gasteiger partial charge < -0.3 is 10.1 Å². The Bertz CT molecular complexity index is 474. The zero-order chi connectivity index (χ0) is 12.8. The smallest absolute Gasteiger partial charge is 0.387 e. The van der Waals surface area contributed by atoms with E-state index in [1.807, 2.05) is 12.1 Å². The van der Waals surface area contributed by atoms with E-state index in [9.17, 15) is 8.78 Å². The van der Waals surface area contributed by atoms with E-state index >= 15 is 0 Å². The number of ether oxygens (including phenoxy) is 1. The first kappa shape index (κ1) is 12.3. The predicted octanol–water partition coefficient (Wildman–Crippen LogP) is 3.30. The van der Waals surface area contributed by atoms with Crippen LogP contribution in [0.3, 0.4) is 0 Å². The number of hydrogen-bond acceptors (Lipinski definition) is 3. The Hall–Kier alpha value is -2.17. The summed E-state index contributed by atoms with van der Waals surface area (Å²) in [5.41, 5.74) is 1.88. The number of hydrogen-bond donors (Lipinski definition) is 1. The number of benzene rings is 1. The highest BCUT2D eigenvalue weighted by Gasteiger charge is 2.03. The van der Waals surface area contributed by atoms with Gasteiger partial charge in [-0.25, -0.2) is 0 Å². The Balaban J connectivity index is 1.90. The molecular formula is C13H12F2N2O. The van der Waals surface area contributed by atoms with Gasteiger partial charge in [0.05, 0.1) is 0 Å². The lowest BCUT2D eigenvalue weighted by atomic mass is 10.2. The first-order valence-corrected chi connectivity index (χ1v) is 5.42. The first-order valence-electron chi connectivity index (χ1n) is 5.42. The molecule has 0 atom stereocenters. The zero-order valence-corrected chi connectivity index (χ0v) is 9.51. The summed E-state index contributed by atoms with van der Waals surface area (Å²) < 4.78 is 28.2. The Morgan fingerprint density at radius 2 is 1.94 bits per heavy atom. The molecule has 1 aromatic carbocycles. The van der Waals surface area contributed by atoms with E-state index in [0.717, 1.165) is 11.3 Å². The highest BCUT2D eigenvalue weighted by molar-refractivity contribution is 5.46. The Morgan fingerprint density at radius 3 is 2.56 bits per heavy atom. The molecule has 5 heteroatoms. The molecule has 3 nitrogen and oxygen atoms in total. The Kier molecular flexibility index (Phi) is 4.06. The summed E-state index contributed by atoms with van der Waals surface area (Å²) in [7, 11) is 0. The molecule has 0 unspecified atom stereocenters. The minimum absolute atomic E-state index is 0.150. The van der Waals surface area contributed by atoms with Crippen LogP contribution in [0.15, 0.2) is 48.8 Å². The average Bonchev–Trinajstić information content (AvgIpc) is 2.38. The van der Waals surface area contributed by atoms with Gasteiger partial charge in [-0.1, -0.05) is 6.07 Å². The lowest BCUT2D eigenvalue weighted by Gasteiger charge is -2.08. The summed E-state index contributed by atoms with van der Waals surface area (Å²) in [5.74, 6) is 0.150. The summed E-state index contributed by atoms with van der Waals surface area (Å²) in [6.07, 6.45) is 3.47. The maximum atomic E-state index is 11.9. The quantitative estimate of drug-likeness (QED) is 0.884. The van der Waals surface area contributed by atoms with Gasteiger partial charge in [0, 0.05) is 24.6 Å². The minimum Gasteiger partial charge on any atom is -0.435 e. The van der Waals surface area contributed by atoms with E-state index in [2.05, 4.69) is 15.0 Å². The summed E-state index contributed by atoms with van der Waals surface area (Å²) in [6.45, 7) is -2.16. The second-order valence-corrected chi connectivity index (χ2v) is 3.62. The number of anilines is 1. The first-order chi connectivity index (χ1) is 8.74. The summed E-state index contributed by atoms with van der Waals surface area (Å²) >= 11 is 0. The minimum atomic E-state index is -2.79. The number of alkyl halides is 2. The van der Waals surface area contributed by atoms with Crippen LogP contribution in [-0.2, 0) is 6.54 Å². The van der Waals surface area contributed by atoms with Crippen molar-refractivity contribution >= 4 is 5.69 Å². The molecule has 0 amide bonds. The molecule has 1 N–H and O–H groups in total. The van der Waals surface area contributed by atoms with Crippen LogP contribution in [0.2, 0.25) is 0 Å². The molecule has 0 aliphatic carbocycles. The number of rotatable bonds is 5. The maximum Gasteiger partial charge on any atom is 0.387 e. The van der Waals surface area contributed by atoms with E-state index in [0.29, 0.717) is 6.54 Å². The monoisotopic (exact) mass is 250 g/mol. The summed E-state index contributed by atoms with van der Waals surface area (Å²) in [6, 6.07) is 10.2. The van der Waals surface area contributed by atoms with Crippen LogP contribution in [0.25, 0.3) is 0 Å². The van der Waals surface area contributed by atoms with Gasteiger partial charge in [0.2, 0.25) is 0 Å². The molecule has 1 aromatic heterocycles. The van der Waals surface area contributed by atoms with E-state index in [1.54, 1.807) is 24.5 Å². The standard InChI is InChI=1S/C13H12F2N2O/c14-13(15)18-12-5-3-11(4-6-12)17-9-10-2-1-7-16-8-10/h1-8,13,17H,9H2. The fourth-order valence-electron chi connectivity index (χ4n) is 1.46. The molecule has 0 fully saturated rings. The van der Waals surface area contributed by atoms with Crippen molar-refractivity contribution in [1.82, 2.24) is 4.98 Å². The van der Waals surface area contributed by atoms with Gasteiger partial charge in [0.15, 0.2) is 0 Å². The third kappa shape index (κ3) is 3.69. The largest absolute Gasteiger partial charge is 0.435 e.